The van der Waals surface area contributed by atoms with Crippen LogP contribution < -0.4 is 10.3 Å². The van der Waals surface area contributed by atoms with Crippen molar-refractivity contribution in [3.63, 3.8) is 0 Å². The molecule has 27 heavy (non-hydrogen) atoms. The molecule has 3 heterocycles. The van der Waals surface area contributed by atoms with Gasteiger partial charge in [0.2, 0.25) is 17.4 Å². The molecule has 0 radical (unpaired) electrons. The number of rotatable bonds is 2. The second-order valence-electron chi connectivity index (χ2n) is 6.30. The Hall–Kier alpha value is -3.74. The number of nitrogens with zero attached hydrogens (tertiary/aromatic N) is 2. The van der Waals surface area contributed by atoms with Gasteiger partial charge in [0.15, 0.2) is 0 Å². The molecular formula is C20H12N2O5. The first kappa shape index (κ1) is 15.5. The summed E-state index contributed by atoms with van der Waals surface area (Å²) in [6.07, 6.45) is 0.191. The largest absolute Gasteiger partial charge is 0.463 e. The van der Waals surface area contributed by atoms with Crippen LogP contribution in [0.2, 0.25) is 0 Å². The quantitative estimate of drug-likeness (QED) is 0.653. The molecule has 0 saturated carbocycles. The fourth-order valence-corrected chi connectivity index (χ4v) is 3.49. The topological polar surface area (TPSA) is 89.2 Å². The number of hydrogen-bond donors (Lipinski definition) is 0. The van der Waals surface area contributed by atoms with Crippen LogP contribution in [0.5, 0.6) is 0 Å². The molecule has 1 fully saturated rings. The van der Waals surface area contributed by atoms with Gasteiger partial charge < -0.3 is 9.25 Å². The van der Waals surface area contributed by atoms with E-state index in [1.165, 1.54) is 6.26 Å². The van der Waals surface area contributed by atoms with Crippen molar-refractivity contribution in [2.24, 2.45) is 11.1 Å². The number of amides is 2. The van der Waals surface area contributed by atoms with Gasteiger partial charge in [-0.05, 0) is 24.3 Å². The van der Waals surface area contributed by atoms with Crippen molar-refractivity contribution >= 4 is 34.2 Å². The predicted octanol–water partition coefficient (Wildman–Crippen LogP) is 2.09. The van der Waals surface area contributed by atoms with Crippen LogP contribution in [0.4, 0.5) is 5.69 Å². The van der Waals surface area contributed by atoms with Gasteiger partial charge in [0.25, 0.3) is 5.91 Å². The minimum Gasteiger partial charge on any atom is -0.463 e. The van der Waals surface area contributed by atoms with E-state index in [-0.39, 0.29) is 16.7 Å². The summed E-state index contributed by atoms with van der Waals surface area (Å²) in [5.41, 5.74) is 0.809. The summed E-state index contributed by atoms with van der Waals surface area (Å²) in [6.45, 7) is 0. The molecule has 0 N–H and O–H groups in total. The van der Waals surface area contributed by atoms with Crippen molar-refractivity contribution in [2.75, 3.05) is 4.90 Å². The van der Waals surface area contributed by atoms with Crippen molar-refractivity contribution in [1.29, 1.82) is 0 Å². The molecule has 2 atom stereocenters. The van der Waals surface area contributed by atoms with Gasteiger partial charge in [-0.2, -0.15) is 0 Å². The molecule has 1 aromatic heterocycles. The highest BCUT2D eigenvalue weighted by molar-refractivity contribution is 6.32. The second-order valence-corrected chi connectivity index (χ2v) is 6.30. The fourth-order valence-electron chi connectivity index (χ4n) is 3.49. The van der Waals surface area contributed by atoms with Gasteiger partial charge >= 0.3 is 0 Å². The maximum absolute atomic E-state index is 13.0. The van der Waals surface area contributed by atoms with Crippen molar-refractivity contribution in [1.82, 2.24) is 0 Å². The van der Waals surface area contributed by atoms with Gasteiger partial charge in [-0.25, -0.2) is 4.90 Å². The zero-order valence-corrected chi connectivity index (χ0v) is 13.9. The Morgan fingerprint density at radius 3 is 2.44 bits per heavy atom. The van der Waals surface area contributed by atoms with E-state index in [2.05, 4.69) is 5.16 Å². The van der Waals surface area contributed by atoms with Crippen molar-refractivity contribution in [3.8, 4) is 0 Å². The van der Waals surface area contributed by atoms with Crippen LogP contribution in [-0.4, -0.2) is 23.6 Å². The van der Waals surface area contributed by atoms with Crippen LogP contribution >= 0.6 is 0 Å². The number of hydrogen-bond acceptors (Lipinski definition) is 6. The van der Waals surface area contributed by atoms with Crippen LogP contribution in [0.1, 0.15) is 5.56 Å². The molecule has 7 heteroatoms. The highest BCUT2D eigenvalue weighted by atomic mass is 16.6. The molecule has 7 nitrogen and oxygen atoms in total. The van der Waals surface area contributed by atoms with E-state index >= 15 is 0 Å². The van der Waals surface area contributed by atoms with Crippen molar-refractivity contribution in [3.05, 3.63) is 76.6 Å². The highest BCUT2D eigenvalue weighted by Gasteiger charge is 2.56. The minimum absolute atomic E-state index is 0.122. The average molecular weight is 360 g/mol. The molecule has 0 bridgehead atoms. The van der Waals surface area contributed by atoms with Crippen LogP contribution in [0.25, 0.3) is 11.0 Å². The summed E-state index contributed by atoms with van der Waals surface area (Å²) >= 11 is 0. The van der Waals surface area contributed by atoms with Gasteiger partial charge in [-0.15, -0.1) is 0 Å². The third-order valence-electron chi connectivity index (χ3n) is 4.78. The fraction of sp³-hybridized carbons (Fsp3) is 0.100. The summed E-state index contributed by atoms with van der Waals surface area (Å²) in [4.78, 5) is 44.8. The van der Waals surface area contributed by atoms with E-state index in [9.17, 15) is 14.4 Å². The minimum atomic E-state index is -1.07. The molecule has 2 unspecified atom stereocenters. The molecular weight excluding hydrogens is 348 g/mol. The number of carbonyl (C=O) groups excluding carboxylic acids is 2. The molecule has 5 rings (SSSR count). The van der Waals surface area contributed by atoms with Gasteiger partial charge in [0.1, 0.15) is 23.5 Å². The second kappa shape index (κ2) is 5.63. The average Bonchev–Trinajstić information content (AvgIpc) is 3.23. The zero-order valence-electron chi connectivity index (χ0n) is 13.9. The Morgan fingerprint density at radius 2 is 1.63 bits per heavy atom. The third-order valence-corrected chi connectivity index (χ3v) is 4.78. The molecule has 2 aliphatic rings. The van der Waals surface area contributed by atoms with E-state index in [1.807, 2.05) is 0 Å². The van der Waals surface area contributed by atoms with E-state index in [0.717, 1.165) is 4.90 Å². The lowest BCUT2D eigenvalue weighted by Gasteiger charge is -2.15. The van der Waals surface area contributed by atoms with E-state index < -0.39 is 23.8 Å². The Labute approximate surface area is 152 Å². The van der Waals surface area contributed by atoms with Crippen molar-refractivity contribution < 1.29 is 18.8 Å². The molecule has 2 aromatic carbocycles. The Bertz CT molecular complexity index is 1180. The summed E-state index contributed by atoms with van der Waals surface area (Å²) in [5.74, 6) is -1.94. The molecule has 0 aliphatic carbocycles. The van der Waals surface area contributed by atoms with E-state index in [0.29, 0.717) is 16.7 Å². The standard InChI is InChI=1S/C20H12N2O5/c23-17-12-8-4-5-9-14(12)26-10-13(17)16-15-18(27-21-16)20(25)22(19(15)24)11-6-2-1-3-7-11/h1-10,15,18H. The number of carbonyl (C=O) groups is 2. The van der Waals surface area contributed by atoms with Crippen LogP contribution in [0.3, 0.4) is 0 Å². The molecule has 3 aromatic rings. The normalized spacial score (nSPS) is 21.3. The number of benzene rings is 2. The van der Waals surface area contributed by atoms with Crippen molar-refractivity contribution in [2.45, 2.75) is 6.10 Å². The monoisotopic (exact) mass is 360 g/mol. The summed E-state index contributed by atoms with van der Waals surface area (Å²) in [6, 6.07) is 15.4. The summed E-state index contributed by atoms with van der Waals surface area (Å²) < 4.78 is 5.51. The summed E-state index contributed by atoms with van der Waals surface area (Å²) in [7, 11) is 0. The zero-order chi connectivity index (χ0) is 18.5. The third kappa shape index (κ3) is 2.15. The van der Waals surface area contributed by atoms with Crippen LogP contribution in [0.15, 0.2) is 75.2 Å². The van der Waals surface area contributed by atoms with Gasteiger partial charge in [-0.3, -0.25) is 14.4 Å². The smallest absolute Gasteiger partial charge is 0.278 e. The first-order valence-electron chi connectivity index (χ1n) is 8.34. The van der Waals surface area contributed by atoms with Crippen LogP contribution in [0, 0.1) is 5.92 Å². The van der Waals surface area contributed by atoms with Gasteiger partial charge in [0, 0.05) is 0 Å². The van der Waals surface area contributed by atoms with Gasteiger partial charge in [-0.1, -0.05) is 35.5 Å². The molecule has 0 spiro atoms. The molecule has 2 amide bonds. The number of oxime groups is 1. The Kier molecular flexibility index (Phi) is 3.24. The SMILES string of the molecule is O=C1C2ON=C(c3coc4ccccc4c3=O)C2C(=O)N1c1ccccc1. The first-order chi connectivity index (χ1) is 13.2. The lowest BCUT2D eigenvalue weighted by atomic mass is 9.94. The maximum atomic E-state index is 13.0. The highest BCUT2D eigenvalue weighted by Crippen LogP contribution is 2.34. The predicted molar refractivity (Wildman–Crippen MR) is 96.3 cm³/mol. The Balaban J connectivity index is 1.59. The number of anilines is 1. The van der Waals surface area contributed by atoms with E-state index in [1.54, 1.807) is 54.6 Å². The summed E-state index contributed by atoms with van der Waals surface area (Å²) in [5, 5.41) is 4.25. The maximum Gasteiger partial charge on any atom is 0.278 e. The number of fused-ring (bicyclic) bond motifs is 2. The lowest BCUT2D eigenvalue weighted by Crippen LogP contribution is -2.33. The number of imide groups is 1. The first-order valence-corrected chi connectivity index (χ1v) is 8.34. The van der Waals surface area contributed by atoms with Gasteiger partial charge in [0.05, 0.1) is 16.6 Å². The Morgan fingerprint density at radius 1 is 0.889 bits per heavy atom. The number of para-hydroxylation sites is 2. The molecule has 2 aliphatic heterocycles. The molecule has 1 saturated heterocycles. The van der Waals surface area contributed by atoms with E-state index in [4.69, 9.17) is 9.25 Å². The molecule has 132 valence electrons. The van der Waals surface area contributed by atoms with Crippen LogP contribution in [-0.2, 0) is 14.4 Å². The lowest BCUT2D eigenvalue weighted by molar-refractivity contribution is -0.126.